The molecule has 1 N–H and O–H groups in total. The number of alkyl halides is 1. The van der Waals surface area contributed by atoms with Gasteiger partial charge >= 0.3 is 5.97 Å². The first-order valence-electron chi connectivity index (χ1n) is 10.3. The SMILES string of the molecule is CC(C)(ON=C(C(=O)Cl)c1csc(NC(=O)CCl)n1)C(=O)OC(c1ccccc1)c1ccccc1.Cl. The fraction of sp³-hybridized carbons (Fsp3) is 0.208. The number of aromatic nitrogens is 1. The highest BCUT2D eigenvalue weighted by Gasteiger charge is 2.36. The number of benzene rings is 2. The minimum atomic E-state index is -1.58. The zero-order chi connectivity index (χ0) is 25.4. The highest BCUT2D eigenvalue weighted by Crippen LogP contribution is 2.28. The number of anilines is 1. The zero-order valence-corrected chi connectivity index (χ0v) is 22.3. The normalized spacial score (nSPS) is 11.4. The summed E-state index contributed by atoms with van der Waals surface area (Å²) < 4.78 is 5.82. The number of esters is 1. The number of carbonyl (C=O) groups excluding carboxylic acids is 3. The summed E-state index contributed by atoms with van der Waals surface area (Å²) in [6, 6.07) is 18.5. The summed E-state index contributed by atoms with van der Waals surface area (Å²) in [6.07, 6.45) is -0.683. The predicted molar refractivity (Wildman–Crippen MR) is 142 cm³/mol. The second-order valence-corrected chi connectivity index (χ2v) is 9.11. The minimum Gasteiger partial charge on any atom is -0.450 e. The van der Waals surface area contributed by atoms with Crippen LogP contribution in [0.15, 0.2) is 71.2 Å². The van der Waals surface area contributed by atoms with Gasteiger partial charge in [-0.2, -0.15) is 0 Å². The van der Waals surface area contributed by atoms with Crippen molar-refractivity contribution in [3.63, 3.8) is 0 Å². The Morgan fingerprint density at radius 1 is 1.06 bits per heavy atom. The maximum atomic E-state index is 13.1. The number of carbonyl (C=O) groups is 3. The van der Waals surface area contributed by atoms with Crippen molar-refractivity contribution in [2.45, 2.75) is 25.6 Å². The minimum absolute atomic E-state index is 0. The summed E-state index contributed by atoms with van der Waals surface area (Å²) in [5, 5.41) is 6.95. The average Bonchev–Trinajstić information content (AvgIpc) is 3.30. The van der Waals surface area contributed by atoms with E-state index in [-0.39, 0.29) is 34.8 Å². The number of thiazole rings is 1. The van der Waals surface area contributed by atoms with E-state index in [1.165, 1.54) is 19.2 Å². The largest absolute Gasteiger partial charge is 0.450 e. The highest BCUT2D eigenvalue weighted by molar-refractivity contribution is 7.14. The van der Waals surface area contributed by atoms with Gasteiger partial charge in [-0.3, -0.25) is 9.59 Å². The third-order valence-corrected chi connectivity index (χ3v) is 5.77. The number of nitrogens with one attached hydrogen (secondary N) is 1. The van der Waals surface area contributed by atoms with Gasteiger partial charge in [-0.25, -0.2) is 9.78 Å². The van der Waals surface area contributed by atoms with E-state index >= 15 is 0 Å². The Bertz CT molecular complexity index is 1180. The Hall–Kier alpha value is -2.98. The molecule has 0 bridgehead atoms. The van der Waals surface area contributed by atoms with Crippen molar-refractivity contribution in [2.75, 3.05) is 11.2 Å². The molecule has 0 radical (unpaired) electrons. The molecule has 0 aliphatic heterocycles. The van der Waals surface area contributed by atoms with Gasteiger partial charge in [0.15, 0.2) is 16.9 Å². The Labute approximate surface area is 228 Å². The summed E-state index contributed by atoms with van der Waals surface area (Å²) in [7, 11) is 0. The molecule has 36 heavy (non-hydrogen) atoms. The van der Waals surface area contributed by atoms with Gasteiger partial charge in [0.25, 0.3) is 5.24 Å². The van der Waals surface area contributed by atoms with E-state index in [4.69, 9.17) is 32.8 Å². The number of rotatable bonds is 10. The molecule has 0 saturated carbocycles. The molecule has 12 heteroatoms. The molecule has 1 amide bonds. The summed E-state index contributed by atoms with van der Waals surface area (Å²) in [4.78, 5) is 46.0. The van der Waals surface area contributed by atoms with Gasteiger partial charge < -0.3 is 14.9 Å². The van der Waals surface area contributed by atoms with Crippen molar-refractivity contribution in [1.82, 2.24) is 4.98 Å². The van der Waals surface area contributed by atoms with Crippen LogP contribution in [-0.2, 0) is 24.0 Å². The molecule has 0 unspecified atom stereocenters. The molecule has 3 aromatic rings. The second kappa shape index (κ2) is 13.4. The predicted octanol–water partition coefficient (Wildman–Crippen LogP) is 5.34. The van der Waals surface area contributed by atoms with Crippen LogP contribution in [0.4, 0.5) is 5.13 Å². The maximum absolute atomic E-state index is 13.1. The van der Waals surface area contributed by atoms with Crippen LogP contribution in [0.2, 0.25) is 0 Å². The van der Waals surface area contributed by atoms with Crippen LogP contribution in [0.1, 0.15) is 36.8 Å². The van der Waals surface area contributed by atoms with E-state index in [0.717, 1.165) is 22.5 Å². The maximum Gasteiger partial charge on any atom is 0.353 e. The van der Waals surface area contributed by atoms with E-state index in [2.05, 4.69) is 15.5 Å². The molecule has 1 aromatic heterocycles. The quantitative estimate of drug-likeness (QED) is 0.116. The lowest BCUT2D eigenvalue weighted by Crippen LogP contribution is -2.37. The Balaban J connectivity index is 0.00000456. The number of oxime groups is 1. The van der Waals surface area contributed by atoms with Gasteiger partial charge in [0, 0.05) is 5.38 Å². The molecule has 2 aromatic carbocycles. The second-order valence-electron chi connectivity index (χ2n) is 7.64. The molecule has 8 nitrogen and oxygen atoms in total. The molecule has 3 rings (SSSR count). The van der Waals surface area contributed by atoms with Gasteiger partial charge in [-0.05, 0) is 36.6 Å². The Morgan fingerprint density at radius 3 is 2.11 bits per heavy atom. The van der Waals surface area contributed by atoms with E-state index < -0.39 is 28.8 Å². The van der Waals surface area contributed by atoms with Crippen LogP contribution >= 0.6 is 46.9 Å². The first-order valence-corrected chi connectivity index (χ1v) is 12.1. The lowest BCUT2D eigenvalue weighted by molar-refractivity contribution is -0.172. The number of hydrogen-bond donors (Lipinski definition) is 1. The smallest absolute Gasteiger partial charge is 0.353 e. The Morgan fingerprint density at radius 2 is 1.61 bits per heavy atom. The van der Waals surface area contributed by atoms with E-state index in [9.17, 15) is 14.4 Å². The first-order chi connectivity index (χ1) is 16.7. The lowest BCUT2D eigenvalue weighted by atomic mass is 10.0. The van der Waals surface area contributed by atoms with E-state index in [1.54, 1.807) is 0 Å². The molecule has 1 heterocycles. The molecule has 0 atom stereocenters. The fourth-order valence-electron chi connectivity index (χ4n) is 2.81. The molecule has 0 aliphatic rings. The lowest BCUT2D eigenvalue weighted by Gasteiger charge is -2.25. The molecule has 0 spiro atoms. The van der Waals surface area contributed by atoms with Crippen LogP contribution in [0.25, 0.3) is 0 Å². The summed E-state index contributed by atoms with van der Waals surface area (Å²) in [5.41, 5.74) is -0.298. The van der Waals surface area contributed by atoms with Crippen molar-refractivity contribution in [3.8, 4) is 0 Å². The van der Waals surface area contributed by atoms with Crippen molar-refractivity contribution in [1.29, 1.82) is 0 Å². The standard InChI is InChI=1S/C24H21Cl2N3O5S.ClH/c1-24(2,34-29-19(21(26)31)17-14-35-23(27-17)28-18(30)13-25)22(32)33-20(15-9-5-3-6-10-15)16-11-7-4-8-12-16;/h3-12,14,20H,13H2,1-2H3,(H,27,28,30);1H. The molecule has 0 saturated heterocycles. The fourth-order valence-corrected chi connectivity index (χ4v) is 3.72. The number of nitrogens with zero attached hydrogens (tertiary/aromatic N) is 2. The third kappa shape index (κ3) is 7.76. The third-order valence-electron chi connectivity index (χ3n) is 4.59. The summed E-state index contributed by atoms with van der Waals surface area (Å²) in [6.45, 7) is 2.91. The van der Waals surface area contributed by atoms with Gasteiger partial charge in [-0.15, -0.1) is 35.3 Å². The summed E-state index contributed by atoms with van der Waals surface area (Å²) in [5.74, 6) is -1.43. The molecule has 0 fully saturated rings. The molecule has 0 aliphatic carbocycles. The van der Waals surface area contributed by atoms with Crippen LogP contribution in [0, 0.1) is 0 Å². The van der Waals surface area contributed by atoms with E-state index in [0.29, 0.717) is 0 Å². The first kappa shape index (κ1) is 29.3. The molecule has 190 valence electrons. The van der Waals surface area contributed by atoms with Crippen molar-refractivity contribution < 1.29 is 24.0 Å². The molecular weight excluding hydrogens is 549 g/mol. The monoisotopic (exact) mass is 569 g/mol. The van der Waals surface area contributed by atoms with Crippen LogP contribution in [0.3, 0.4) is 0 Å². The van der Waals surface area contributed by atoms with Gasteiger partial charge in [0.05, 0.1) is 0 Å². The number of amides is 1. The molecular formula is C24H22Cl3N3O5S. The van der Waals surface area contributed by atoms with Crippen LogP contribution in [-0.4, -0.2) is 39.3 Å². The van der Waals surface area contributed by atoms with Crippen molar-refractivity contribution >= 4 is 74.9 Å². The van der Waals surface area contributed by atoms with Gasteiger partial charge in [0.1, 0.15) is 11.6 Å². The topological polar surface area (TPSA) is 107 Å². The zero-order valence-electron chi connectivity index (χ0n) is 19.1. The Kier molecular flexibility index (Phi) is 10.9. The van der Waals surface area contributed by atoms with Crippen molar-refractivity contribution in [2.24, 2.45) is 5.16 Å². The number of halogens is 3. The van der Waals surface area contributed by atoms with E-state index in [1.807, 2.05) is 60.7 Å². The van der Waals surface area contributed by atoms with Crippen molar-refractivity contribution in [3.05, 3.63) is 82.9 Å². The average molecular weight is 571 g/mol. The number of ether oxygens (including phenoxy) is 1. The summed E-state index contributed by atoms with van der Waals surface area (Å²) >= 11 is 12.2. The van der Waals surface area contributed by atoms with Crippen LogP contribution < -0.4 is 5.32 Å². The van der Waals surface area contributed by atoms with Gasteiger partial charge in [0.2, 0.25) is 11.5 Å². The highest BCUT2D eigenvalue weighted by atomic mass is 35.5. The number of hydrogen-bond acceptors (Lipinski definition) is 8. The van der Waals surface area contributed by atoms with Gasteiger partial charge in [-0.1, -0.05) is 65.8 Å². The van der Waals surface area contributed by atoms with Crippen LogP contribution in [0.5, 0.6) is 0 Å².